The van der Waals surface area contributed by atoms with E-state index in [1.807, 2.05) is 0 Å². The van der Waals surface area contributed by atoms with Crippen molar-refractivity contribution < 1.29 is 9.53 Å². The lowest BCUT2D eigenvalue weighted by Gasteiger charge is -2.58. The Hall–Kier alpha value is -1.57. The largest absolute Gasteiger partial charge is 0.462 e. The van der Waals surface area contributed by atoms with Gasteiger partial charge in [0.1, 0.15) is 6.10 Å². The average molecular weight is 647 g/mol. The maximum Gasteiger partial charge on any atom is 0.306 e. The molecule has 0 bridgehead atoms. The fourth-order valence-corrected chi connectivity index (χ4v) is 10.9. The first-order valence-corrected chi connectivity index (χ1v) is 20.5. The van der Waals surface area contributed by atoms with Crippen LogP contribution in [0.1, 0.15) is 176 Å². The summed E-state index contributed by atoms with van der Waals surface area (Å²) in [7, 11) is 0. The van der Waals surface area contributed by atoms with E-state index in [-0.39, 0.29) is 12.1 Å². The number of rotatable bonds is 19. The van der Waals surface area contributed by atoms with E-state index in [0.29, 0.717) is 17.3 Å². The predicted molar refractivity (Wildman–Crippen MR) is 202 cm³/mol. The standard InChI is InChI=1S/C45H74O2/c1-7-8-9-10-11-12-13-14-15-16-17-18-19-20-21-25-43(46)47-38-30-32-44(5)37(34-38)26-27-39-41-29-28-40(36(4)24-22-23-35(2)3)45(41,6)33-31-42(39)44/h8-9,11-12,14-15,26,35-36,38-42H,7,10,13,16-25,27-34H2,1-6H3/b9-8-,12-11-,15-14-/t36-,38+,39+,40-,41?,42+,44+,45-/m1/s1. The maximum atomic E-state index is 12.8. The van der Waals surface area contributed by atoms with Gasteiger partial charge in [-0.2, -0.15) is 0 Å². The van der Waals surface area contributed by atoms with E-state index in [1.165, 1.54) is 83.5 Å². The summed E-state index contributed by atoms with van der Waals surface area (Å²) in [5.74, 6) is 5.28. The highest BCUT2D eigenvalue weighted by atomic mass is 16.5. The number of ether oxygens (including phenoxy) is 1. The fourth-order valence-electron chi connectivity index (χ4n) is 10.9. The zero-order valence-corrected chi connectivity index (χ0v) is 31.7. The first-order chi connectivity index (χ1) is 22.7. The lowest BCUT2D eigenvalue weighted by Crippen LogP contribution is -2.51. The highest BCUT2D eigenvalue weighted by Crippen LogP contribution is 2.67. The number of carbonyl (C=O) groups is 1. The molecule has 0 aromatic rings. The highest BCUT2D eigenvalue weighted by molar-refractivity contribution is 5.69. The van der Waals surface area contributed by atoms with Gasteiger partial charge < -0.3 is 4.74 Å². The molecular weight excluding hydrogens is 572 g/mol. The van der Waals surface area contributed by atoms with E-state index in [2.05, 4.69) is 84.1 Å². The van der Waals surface area contributed by atoms with Crippen LogP contribution in [0.3, 0.4) is 0 Å². The van der Waals surface area contributed by atoms with Crippen LogP contribution in [0.5, 0.6) is 0 Å². The molecule has 8 atom stereocenters. The molecule has 47 heavy (non-hydrogen) atoms. The van der Waals surface area contributed by atoms with Crippen molar-refractivity contribution >= 4 is 5.97 Å². The number of hydrogen-bond donors (Lipinski definition) is 0. The number of hydrogen-bond acceptors (Lipinski definition) is 2. The Morgan fingerprint density at radius 2 is 1.55 bits per heavy atom. The van der Waals surface area contributed by atoms with Crippen molar-refractivity contribution in [1.82, 2.24) is 0 Å². The summed E-state index contributed by atoms with van der Waals surface area (Å²) in [6.45, 7) is 14.8. The van der Waals surface area contributed by atoms with Gasteiger partial charge in [0.05, 0.1) is 0 Å². The summed E-state index contributed by atoms with van der Waals surface area (Å²) >= 11 is 0. The van der Waals surface area contributed by atoms with Gasteiger partial charge in [0, 0.05) is 12.8 Å². The van der Waals surface area contributed by atoms with Gasteiger partial charge in [-0.3, -0.25) is 4.79 Å². The van der Waals surface area contributed by atoms with Gasteiger partial charge >= 0.3 is 5.97 Å². The second-order valence-corrected chi connectivity index (χ2v) is 17.2. The van der Waals surface area contributed by atoms with Gasteiger partial charge in [0.15, 0.2) is 0 Å². The molecule has 0 radical (unpaired) electrons. The molecule has 0 aromatic heterocycles. The van der Waals surface area contributed by atoms with Gasteiger partial charge in [-0.25, -0.2) is 0 Å². The van der Waals surface area contributed by atoms with Crippen LogP contribution in [0.4, 0.5) is 0 Å². The normalized spacial score (nSPS) is 32.9. The molecule has 3 fully saturated rings. The van der Waals surface area contributed by atoms with E-state index < -0.39 is 0 Å². The zero-order chi connectivity index (χ0) is 33.7. The number of allylic oxidation sites excluding steroid dienone is 7. The molecule has 0 saturated heterocycles. The lowest BCUT2D eigenvalue weighted by atomic mass is 9.47. The van der Waals surface area contributed by atoms with Crippen LogP contribution in [-0.2, 0) is 9.53 Å². The molecule has 266 valence electrons. The first-order valence-electron chi connectivity index (χ1n) is 20.5. The molecule has 4 aliphatic rings. The third-order valence-electron chi connectivity index (χ3n) is 13.6. The summed E-state index contributed by atoms with van der Waals surface area (Å²) < 4.78 is 6.12. The molecule has 0 N–H and O–H groups in total. The Morgan fingerprint density at radius 1 is 0.830 bits per heavy atom. The predicted octanol–water partition coefficient (Wildman–Crippen LogP) is 13.5. The number of unbranched alkanes of at least 4 members (excludes halogenated alkanes) is 5. The van der Waals surface area contributed by atoms with Crippen molar-refractivity contribution in [3.8, 4) is 0 Å². The molecule has 1 unspecified atom stereocenters. The minimum atomic E-state index is 0.0435. The average Bonchev–Trinajstić information content (AvgIpc) is 3.40. The van der Waals surface area contributed by atoms with Crippen molar-refractivity contribution in [2.75, 3.05) is 0 Å². The molecule has 4 aliphatic carbocycles. The van der Waals surface area contributed by atoms with Gasteiger partial charge in [0.2, 0.25) is 0 Å². The summed E-state index contributed by atoms with van der Waals surface area (Å²) in [5, 5.41) is 0. The number of esters is 1. The topological polar surface area (TPSA) is 26.3 Å². The minimum absolute atomic E-state index is 0.0435. The minimum Gasteiger partial charge on any atom is -0.462 e. The second-order valence-electron chi connectivity index (χ2n) is 17.2. The smallest absolute Gasteiger partial charge is 0.306 e. The third-order valence-corrected chi connectivity index (χ3v) is 13.6. The summed E-state index contributed by atoms with van der Waals surface area (Å²) in [6.07, 6.45) is 41.7. The molecule has 0 heterocycles. The Bertz CT molecular complexity index is 1060. The lowest BCUT2D eigenvalue weighted by molar-refractivity contribution is -0.151. The first kappa shape index (κ1) is 38.2. The second kappa shape index (κ2) is 19.0. The van der Waals surface area contributed by atoms with Crippen LogP contribution >= 0.6 is 0 Å². The van der Waals surface area contributed by atoms with E-state index in [9.17, 15) is 4.79 Å². The molecule has 0 aromatic carbocycles. The van der Waals surface area contributed by atoms with Gasteiger partial charge in [-0.05, 0) is 130 Å². The van der Waals surface area contributed by atoms with E-state index in [1.54, 1.807) is 5.57 Å². The fraction of sp³-hybridized carbons (Fsp3) is 0.800. The number of carbonyl (C=O) groups excluding carboxylic acids is 1. The molecule has 3 saturated carbocycles. The molecular formula is C45H74O2. The summed E-state index contributed by atoms with van der Waals surface area (Å²) in [4.78, 5) is 12.8. The SMILES string of the molecule is CC/C=C\C/C=C\C/C=C\CCCCCCCC(=O)O[C@H]1CC[C@@]2(C)C(=CC[C@H]3C4CC[C@H]([C@H](C)CCCC(C)C)[C@@]4(C)CC[C@@H]32)C1. The zero-order valence-electron chi connectivity index (χ0n) is 31.7. The molecule has 2 heteroatoms. The highest BCUT2D eigenvalue weighted by Gasteiger charge is 2.59. The van der Waals surface area contributed by atoms with Gasteiger partial charge in [0.25, 0.3) is 0 Å². The van der Waals surface area contributed by atoms with Crippen LogP contribution in [0.25, 0.3) is 0 Å². The molecule has 0 aliphatic heterocycles. The van der Waals surface area contributed by atoms with Gasteiger partial charge in [-0.1, -0.05) is 128 Å². The number of fused-ring (bicyclic) bond motifs is 5. The van der Waals surface area contributed by atoms with E-state index in [0.717, 1.165) is 80.5 Å². The monoisotopic (exact) mass is 647 g/mol. The van der Waals surface area contributed by atoms with E-state index in [4.69, 9.17) is 4.74 Å². The Kier molecular flexibility index (Phi) is 15.4. The summed E-state index contributed by atoms with van der Waals surface area (Å²) in [6, 6.07) is 0. The van der Waals surface area contributed by atoms with Crippen LogP contribution in [0.15, 0.2) is 48.1 Å². The van der Waals surface area contributed by atoms with Crippen LogP contribution in [0, 0.1) is 46.3 Å². The van der Waals surface area contributed by atoms with Crippen molar-refractivity contribution in [3.63, 3.8) is 0 Å². The van der Waals surface area contributed by atoms with E-state index >= 15 is 0 Å². The van der Waals surface area contributed by atoms with Crippen LogP contribution in [-0.4, -0.2) is 12.1 Å². The molecule has 4 rings (SSSR count). The third kappa shape index (κ3) is 10.5. The van der Waals surface area contributed by atoms with Crippen LogP contribution < -0.4 is 0 Å². The quantitative estimate of drug-likeness (QED) is 0.0793. The Balaban J connectivity index is 1.13. The van der Waals surface area contributed by atoms with Crippen molar-refractivity contribution in [2.24, 2.45) is 46.3 Å². The molecule has 0 spiro atoms. The molecule has 2 nitrogen and oxygen atoms in total. The Labute approximate surface area is 291 Å². The van der Waals surface area contributed by atoms with Gasteiger partial charge in [-0.15, -0.1) is 0 Å². The maximum absolute atomic E-state index is 12.8. The van der Waals surface area contributed by atoms with Crippen molar-refractivity contribution in [2.45, 2.75) is 182 Å². The van der Waals surface area contributed by atoms with Crippen molar-refractivity contribution in [1.29, 1.82) is 0 Å². The van der Waals surface area contributed by atoms with Crippen LogP contribution in [0.2, 0.25) is 0 Å². The Morgan fingerprint density at radius 3 is 2.32 bits per heavy atom. The van der Waals surface area contributed by atoms with Crippen molar-refractivity contribution in [3.05, 3.63) is 48.1 Å². The summed E-state index contributed by atoms with van der Waals surface area (Å²) in [5.41, 5.74) is 2.51. The molecule has 0 amide bonds.